The van der Waals surface area contributed by atoms with E-state index in [0.29, 0.717) is 13.2 Å². The minimum absolute atomic E-state index is 0.573. The van der Waals surface area contributed by atoms with Crippen LogP contribution in [0.25, 0.3) is 6.08 Å². The second-order valence-corrected chi connectivity index (χ2v) is 5.56. The highest BCUT2D eigenvalue weighted by molar-refractivity contribution is 5.64. The van der Waals surface area contributed by atoms with Gasteiger partial charge in [-0.2, -0.15) is 0 Å². The second kappa shape index (κ2) is 6.39. The van der Waals surface area contributed by atoms with E-state index in [1.165, 1.54) is 18.4 Å². The summed E-state index contributed by atoms with van der Waals surface area (Å²) in [6.45, 7) is 4.31. The fourth-order valence-electron chi connectivity index (χ4n) is 2.45. The molecule has 2 aliphatic rings. The molecule has 0 radical (unpaired) electrons. The molecule has 0 aromatic heterocycles. The maximum absolute atomic E-state index is 5.68. The van der Waals surface area contributed by atoms with Crippen molar-refractivity contribution in [2.45, 2.75) is 32.2 Å². The van der Waals surface area contributed by atoms with Crippen LogP contribution in [0.2, 0.25) is 0 Å². The topological polar surface area (TPSA) is 39.7 Å². The number of fused-ring (bicyclic) bond motifs is 1. The lowest BCUT2D eigenvalue weighted by atomic mass is 10.1. The smallest absolute Gasteiger partial charge is 0.203 e. The Morgan fingerprint density at radius 2 is 2.14 bits per heavy atom. The maximum Gasteiger partial charge on any atom is 0.203 e. The lowest BCUT2D eigenvalue weighted by Gasteiger charge is -2.21. The van der Waals surface area contributed by atoms with E-state index in [-0.39, 0.29) is 0 Å². The molecular weight excluding hydrogens is 266 g/mol. The third-order valence-electron chi connectivity index (χ3n) is 3.87. The fourth-order valence-corrected chi connectivity index (χ4v) is 2.45. The molecule has 0 spiro atoms. The molecule has 4 heteroatoms. The Bertz CT molecular complexity index is 518. The van der Waals surface area contributed by atoms with E-state index >= 15 is 0 Å². The molecule has 0 unspecified atom stereocenters. The molecule has 1 heterocycles. The summed E-state index contributed by atoms with van der Waals surface area (Å²) in [5, 5.41) is 3.56. The lowest BCUT2D eigenvalue weighted by Crippen LogP contribution is -2.19. The zero-order chi connectivity index (χ0) is 14.7. The van der Waals surface area contributed by atoms with Crippen molar-refractivity contribution in [3.63, 3.8) is 0 Å². The van der Waals surface area contributed by atoms with Gasteiger partial charge < -0.3 is 19.5 Å². The Morgan fingerprint density at radius 3 is 2.86 bits per heavy atom. The number of benzene rings is 1. The molecule has 0 atom stereocenters. The Balaban J connectivity index is 1.82. The SMILES string of the molecule is CCC(=Cc1cc(OC)c2c(c1)OCCO2)CNC1CC1. The maximum atomic E-state index is 5.68. The molecule has 1 aromatic carbocycles. The van der Waals surface area contributed by atoms with Crippen molar-refractivity contribution in [3.8, 4) is 17.2 Å². The zero-order valence-electron chi connectivity index (χ0n) is 12.8. The first kappa shape index (κ1) is 14.3. The van der Waals surface area contributed by atoms with Crippen LogP contribution in [0.15, 0.2) is 17.7 Å². The third kappa shape index (κ3) is 3.50. The quantitative estimate of drug-likeness (QED) is 0.874. The van der Waals surface area contributed by atoms with Gasteiger partial charge in [-0.15, -0.1) is 0 Å². The van der Waals surface area contributed by atoms with E-state index < -0.39 is 0 Å². The molecular formula is C17H23NO3. The van der Waals surface area contributed by atoms with Gasteiger partial charge in [0.15, 0.2) is 11.5 Å². The summed E-state index contributed by atoms with van der Waals surface area (Å²) >= 11 is 0. The van der Waals surface area contributed by atoms with Crippen LogP contribution in [-0.2, 0) is 0 Å². The van der Waals surface area contributed by atoms with Gasteiger partial charge >= 0.3 is 0 Å². The molecule has 0 saturated heterocycles. The van der Waals surface area contributed by atoms with Gasteiger partial charge in [0.25, 0.3) is 0 Å². The zero-order valence-corrected chi connectivity index (χ0v) is 12.8. The van der Waals surface area contributed by atoms with Crippen molar-refractivity contribution >= 4 is 6.08 Å². The molecule has 1 aliphatic heterocycles. The van der Waals surface area contributed by atoms with Crippen LogP contribution >= 0.6 is 0 Å². The minimum Gasteiger partial charge on any atom is -0.493 e. The van der Waals surface area contributed by atoms with Crippen LogP contribution in [0.4, 0.5) is 0 Å². The summed E-state index contributed by atoms with van der Waals surface area (Å²) in [6, 6.07) is 4.78. The fraction of sp³-hybridized carbons (Fsp3) is 0.529. The van der Waals surface area contributed by atoms with Crippen molar-refractivity contribution in [1.29, 1.82) is 0 Å². The Kier molecular flexibility index (Phi) is 4.34. The van der Waals surface area contributed by atoms with Crippen LogP contribution in [0, 0.1) is 0 Å². The molecule has 1 N–H and O–H groups in total. The Labute approximate surface area is 126 Å². The third-order valence-corrected chi connectivity index (χ3v) is 3.87. The predicted molar refractivity (Wildman–Crippen MR) is 83.3 cm³/mol. The monoisotopic (exact) mass is 289 g/mol. The average Bonchev–Trinajstić information content (AvgIpc) is 3.34. The van der Waals surface area contributed by atoms with Gasteiger partial charge in [-0.05, 0) is 37.0 Å². The summed E-state index contributed by atoms with van der Waals surface area (Å²) in [4.78, 5) is 0. The van der Waals surface area contributed by atoms with Crippen molar-refractivity contribution < 1.29 is 14.2 Å². The second-order valence-electron chi connectivity index (χ2n) is 5.56. The first-order chi connectivity index (χ1) is 10.3. The number of rotatable bonds is 6. The number of hydrogen-bond acceptors (Lipinski definition) is 4. The van der Waals surface area contributed by atoms with Gasteiger partial charge in [-0.3, -0.25) is 0 Å². The number of nitrogens with one attached hydrogen (secondary N) is 1. The van der Waals surface area contributed by atoms with Crippen molar-refractivity contribution in [2.24, 2.45) is 0 Å². The molecule has 1 aliphatic carbocycles. The highest BCUT2D eigenvalue weighted by atomic mass is 16.6. The van der Waals surface area contributed by atoms with Gasteiger partial charge in [-0.25, -0.2) is 0 Å². The van der Waals surface area contributed by atoms with Crippen molar-refractivity contribution in [2.75, 3.05) is 26.9 Å². The molecule has 3 rings (SSSR count). The van der Waals surface area contributed by atoms with Gasteiger partial charge in [0.05, 0.1) is 7.11 Å². The molecule has 1 aromatic rings. The number of methoxy groups -OCH3 is 1. The predicted octanol–water partition coefficient (Wildman–Crippen LogP) is 3.01. The Hall–Kier alpha value is -1.68. The van der Waals surface area contributed by atoms with Crippen LogP contribution in [0.3, 0.4) is 0 Å². The Morgan fingerprint density at radius 1 is 1.33 bits per heavy atom. The summed E-state index contributed by atoms with van der Waals surface area (Å²) in [5.41, 5.74) is 2.49. The van der Waals surface area contributed by atoms with E-state index in [1.807, 2.05) is 12.1 Å². The highest BCUT2D eigenvalue weighted by Crippen LogP contribution is 2.40. The molecule has 1 fully saturated rings. The highest BCUT2D eigenvalue weighted by Gasteiger charge is 2.20. The van der Waals surface area contributed by atoms with Crippen molar-refractivity contribution in [3.05, 3.63) is 23.3 Å². The van der Waals surface area contributed by atoms with Gasteiger partial charge in [-0.1, -0.05) is 18.6 Å². The summed E-state index contributed by atoms with van der Waals surface area (Å²) in [5.74, 6) is 2.23. The molecule has 1 saturated carbocycles. The standard InChI is InChI=1S/C17H23NO3/c1-3-12(11-18-14-4-5-14)8-13-9-15(19-2)17-16(10-13)20-6-7-21-17/h8-10,14,18H,3-7,11H2,1-2H3. The average molecular weight is 289 g/mol. The van der Waals surface area contributed by atoms with Crippen LogP contribution in [0.5, 0.6) is 17.2 Å². The van der Waals surface area contributed by atoms with E-state index in [1.54, 1.807) is 7.11 Å². The first-order valence-electron chi connectivity index (χ1n) is 7.70. The molecule has 4 nitrogen and oxygen atoms in total. The minimum atomic E-state index is 0.573. The molecule has 114 valence electrons. The largest absolute Gasteiger partial charge is 0.493 e. The van der Waals surface area contributed by atoms with E-state index in [4.69, 9.17) is 14.2 Å². The van der Waals surface area contributed by atoms with Crippen LogP contribution in [0.1, 0.15) is 31.7 Å². The van der Waals surface area contributed by atoms with Gasteiger partial charge in [0, 0.05) is 12.6 Å². The van der Waals surface area contributed by atoms with E-state index in [0.717, 1.165) is 41.8 Å². The first-order valence-corrected chi connectivity index (χ1v) is 7.70. The van der Waals surface area contributed by atoms with E-state index in [9.17, 15) is 0 Å². The summed E-state index contributed by atoms with van der Waals surface area (Å²) in [6.07, 6.45) is 5.89. The van der Waals surface area contributed by atoms with Gasteiger partial charge in [0.2, 0.25) is 5.75 Å². The molecule has 0 bridgehead atoms. The van der Waals surface area contributed by atoms with E-state index in [2.05, 4.69) is 18.3 Å². The number of hydrogen-bond donors (Lipinski definition) is 1. The lowest BCUT2D eigenvalue weighted by molar-refractivity contribution is 0.165. The van der Waals surface area contributed by atoms with Gasteiger partial charge in [0.1, 0.15) is 13.2 Å². The summed E-state index contributed by atoms with van der Waals surface area (Å²) in [7, 11) is 1.66. The normalized spacial score (nSPS) is 17.7. The molecule has 0 amide bonds. The van der Waals surface area contributed by atoms with Crippen molar-refractivity contribution in [1.82, 2.24) is 5.32 Å². The number of ether oxygens (including phenoxy) is 3. The summed E-state index contributed by atoms with van der Waals surface area (Å²) < 4.78 is 16.7. The van der Waals surface area contributed by atoms with Crippen LogP contribution < -0.4 is 19.5 Å². The molecule has 21 heavy (non-hydrogen) atoms. The van der Waals surface area contributed by atoms with Crippen LogP contribution in [-0.4, -0.2) is 32.9 Å².